The highest BCUT2D eigenvalue weighted by atomic mass is 32.1. The summed E-state index contributed by atoms with van der Waals surface area (Å²) in [5.41, 5.74) is 5.59. The third-order valence-corrected chi connectivity index (χ3v) is 4.46. The molecule has 3 rings (SSSR count). The van der Waals surface area contributed by atoms with Crippen LogP contribution >= 0.6 is 11.3 Å². The number of aryl methyl sites for hydroxylation is 1. The Bertz CT molecular complexity index is 837. The molecule has 0 radical (unpaired) electrons. The van der Waals surface area contributed by atoms with E-state index in [0.29, 0.717) is 0 Å². The lowest BCUT2D eigenvalue weighted by atomic mass is 10.2. The Morgan fingerprint density at radius 2 is 1.96 bits per heavy atom. The molecule has 0 fully saturated rings. The van der Waals surface area contributed by atoms with E-state index in [1.165, 1.54) is 16.9 Å². The van der Waals surface area contributed by atoms with Crippen LogP contribution in [0.15, 0.2) is 53.6 Å². The second-order valence-corrected chi connectivity index (χ2v) is 6.53. The minimum atomic E-state index is -0.430. The molecule has 0 unspecified atom stereocenters. The van der Waals surface area contributed by atoms with Crippen molar-refractivity contribution in [2.75, 3.05) is 5.32 Å². The lowest BCUT2D eigenvalue weighted by molar-refractivity contribution is -0.121. The molecule has 1 heterocycles. The van der Waals surface area contributed by atoms with E-state index >= 15 is 0 Å². The number of nitrogens with zero attached hydrogens (tertiary/aromatic N) is 2. The van der Waals surface area contributed by atoms with Gasteiger partial charge in [0.1, 0.15) is 6.04 Å². The topological polar surface area (TPSA) is 66.4 Å². The lowest BCUT2D eigenvalue weighted by Gasteiger charge is -2.10. The van der Waals surface area contributed by atoms with Crippen LogP contribution in [0.2, 0.25) is 0 Å². The number of nitrogens with one attached hydrogen (secondary N) is 2. The fraction of sp³-hybridized carbons (Fsp3) is 0.167. The van der Waals surface area contributed by atoms with Crippen LogP contribution in [-0.4, -0.2) is 23.1 Å². The van der Waals surface area contributed by atoms with Gasteiger partial charge in [-0.3, -0.25) is 4.79 Å². The molecule has 1 aromatic heterocycles. The first-order valence-electron chi connectivity index (χ1n) is 7.63. The van der Waals surface area contributed by atoms with Crippen LogP contribution in [0.1, 0.15) is 18.1 Å². The zero-order valence-corrected chi connectivity index (χ0v) is 14.3. The number of anilines is 1. The van der Waals surface area contributed by atoms with E-state index in [2.05, 4.69) is 20.8 Å². The smallest absolute Gasteiger partial charge is 0.262 e. The van der Waals surface area contributed by atoms with Gasteiger partial charge in [-0.05, 0) is 31.5 Å². The highest BCUT2D eigenvalue weighted by Crippen LogP contribution is 2.25. The fourth-order valence-electron chi connectivity index (χ4n) is 2.10. The van der Waals surface area contributed by atoms with E-state index in [0.717, 1.165) is 20.9 Å². The highest BCUT2D eigenvalue weighted by Gasteiger charge is 2.13. The first-order valence-corrected chi connectivity index (χ1v) is 8.45. The monoisotopic (exact) mass is 338 g/mol. The molecular formula is C18H18N4OS. The maximum absolute atomic E-state index is 12.1. The highest BCUT2D eigenvalue weighted by molar-refractivity contribution is 7.22. The summed E-state index contributed by atoms with van der Waals surface area (Å²) in [6.45, 7) is 3.81. The molecule has 1 atom stereocenters. The summed E-state index contributed by atoms with van der Waals surface area (Å²) in [5, 5.41) is 7.83. The summed E-state index contributed by atoms with van der Waals surface area (Å²) >= 11 is 1.52. The second kappa shape index (κ2) is 7.23. The van der Waals surface area contributed by atoms with Crippen molar-refractivity contribution in [1.82, 2.24) is 10.4 Å². The number of aromatic nitrogens is 1. The van der Waals surface area contributed by atoms with Gasteiger partial charge in [0, 0.05) is 0 Å². The van der Waals surface area contributed by atoms with Crippen molar-refractivity contribution in [2.24, 2.45) is 5.10 Å². The Morgan fingerprint density at radius 1 is 1.21 bits per heavy atom. The molecular weight excluding hydrogens is 320 g/mol. The summed E-state index contributed by atoms with van der Waals surface area (Å²) in [5.74, 6) is -0.211. The molecule has 1 amide bonds. The third kappa shape index (κ3) is 3.97. The van der Waals surface area contributed by atoms with Gasteiger partial charge in [-0.2, -0.15) is 5.10 Å². The van der Waals surface area contributed by atoms with Crippen LogP contribution in [0.5, 0.6) is 0 Å². The van der Waals surface area contributed by atoms with Gasteiger partial charge in [0.15, 0.2) is 5.13 Å². The Kier molecular flexibility index (Phi) is 4.86. The molecule has 0 saturated heterocycles. The van der Waals surface area contributed by atoms with Gasteiger partial charge < -0.3 is 5.32 Å². The van der Waals surface area contributed by atoms with Crippen molar-refractivity contribution >= 4 is 38.8 Å². The maximum Gasteiger partial charge on any atom is 0.262 e. The van der Waals surface area contributed by atoms with Crippen LogP contribution in [-0.2, 0) is 4.79 Å². The van der Waals surface area contributed by atoms with Gasteiger partial charge in [-0.15, -0.1) is 0 Å². The average Bonchev–Trinajstić information content (AvgIpc) is 2.98. The molecule has 0 bridgehead atoms. The normalized spacial score (nSPS) is 12.4. The zero-order chi connectivity index (χ0) is 16.9. The van der Waals surface area contributed by atoms with Crippen molar-refractivity contribution in [3.8, 4) is 0 Å². The predicted molar refractivity (Wildman–Crippen MR) is 99.6 cm³/mol. The molecule has 0 aliphatic carbocycles. The van der Waals surface area contributed by atoms with E-state index < -0.39 is 6.04 Å². The number of fused-ring (bicyclic) bond motifs is 1. The minimum absolute atomic E-state index is 0.211. The minimum Gasteiger partial charge on any atom is -0.350 e. The van der Waals surface area contributed by atoms with E-state index in [-0.39, 0.29) is 5.91 Å². The van der Waals surface area contributed by atoms with Crippen molar-refractivity contribution in [2.45, 2.75) is 19.9 Å². The number of hydrogen-bond donors (Lipinski definition) is 2. The number of para-hydroxylation sites is 1. The van der Waals surface area contributed by atoms with Crippen molar-refractivity contribution < 1.29 is 4.79 Å². The first-order chi connectivity index (χ1) is 11.6. The first kappa shape index (κ1) is 16.1. The molecule has 0 saturated carbocycles. The van der Waals surface area contributed by atoms with Gasteiger partial charge in [0.25, 0.3) is 5.91 Å². The van der Waals surface area contributed by atoms with Gasteiger partial charge in [0.05, 0.1) is 16.4 Å². The summed E-state index contributed by atoms with van der Waals surface area (Å²) in [6, 6.07) is 15.4. The Morgan fingerprint density at radius 3 is 2.71 bits per heavy atom. The quantitative estimate of drug-likeness (QED) is 0.552. The van der Waals surface area contributed by atoms with Crippen LogP contribution in [0, 0.1) is 6.92 Å². The molecule has 0 spiro atoms. The van der Waals surface area contributed by atoms with E-state index in [1.807, 2.05) is 55.5 Å². The summed E-state index contributed by atoms with van der Waals surface area (Å²) in [7, 11) is 0. The van der Waals surface area contributed by atoms with E-state index in [1.54, 1.807) is 13.1 Å². The van der Waals surface area contributed by atoms with E-state index in [4.69, 9.17) is 0 Å². The molecule has 6 heteroatoms. The summed E-state index contributed by atoms with van der Waals surface area (Å²) < 4.78 is 1.09. The van der Waals surface area contributed by atoms with E-state index in [9.17, 15) is 4.79 Å². The zero-order valence-electron chi connectivity index (χ0n) is 13.5. The van der Waals surface area contributed by atoms with Crippen molar-refractivity contribution in [3.05, 3.63) is 59.7 Å². The van der Waals surface area contributed by atoms with Crippen molar-refractivity contribution in [3.63, 3.8) is 0 Å². The molecule has 0 aliphatic rings. The summed E-state index contributed by atoms with van der Waals surface area (Å²) in [6.07, 6.45) is 1.63. The van der Waals surface area contributed by atoms with Gasteiger partial charge in [-0.1, -0.05) is 53.3 Å². The van der Waals surface area contributed by atoms with Crippen LogP contribution in [0.25, 0.3) is 10.2 Å². The molecule has 2 aromatic carbocycles. The standard InChI is InChI=1S/C18H18N4OS/c1-12-7-9-14(10-8-12)11-19-22-17(23)13(2)20-18-21-15-5-3-4-6-16(15)24-18/h3-11,13H,1-2H3,(H,20,21)(H,22,23)/b19-11-/t13-/m0/s1. The van der Waals surface area contributed by atoms with Gasteiger partial charge in [-0.25, -0.2) is 10.4 Å². The van der Waals surface area contributed by atoms with Crippen molar-refractivity contribution in [1.29, 1.82) is 0 Å². The molecule has 24 heavy (non-hydrogen) atoms. The molecule has 122 valence electrons. The maximum atomic E-state index is 12.1. The number of benzene rings is 2. The third-order valence-electron chi connectivity index (χ3n) is 3.49. The predicted octanol–water partition coefficient (Wildman–Crippen LogP) is 3.56. The number of amides is 1. The van der Waals surface area contributed by atoms with Gasteiger partial charge >= 0.3 is 0 Å². The molecule has 2 N–H and O–H groups in total. The fourth-order valence-corrected chi connectivity index (χ4v) is 3.06. The molecule has 0 aliphatic heterocycles. The average molecular weight is 338 g/mol. The second-order valence-electron chi connectivity index (χ2n) is 5.50. The SMILES string of the molecule is Cc1ccc(/C=N\NC(=O)[C@H](C)Nc2nc3ccccc3s2)cc1. The van der Waals surface area contributed by atoms with Crippen LogP contribution in [0.3, 0.4) is 0 Å². The molecule has 5 nitrogen and oxygen atoms in total. The number of thiazole rings is 1. The Balaban J connectivity index is 1.57. The largest absolute Gasteiger partial charge is 0.350 e. The van der Waals surface area contributed by atoms with Crippen LogP contribution < -0.4 is 10.7 Å². The Labute approximate surface area is 144 Å². The lowest BCUT2D eigenvalue weighted by Crippen LogP contribution is -2.34. The summed E-state index contributed by atoms with van der Waals surface area (Å²) in [4.78, 5) is 16.6. The van der Waals surface area contributed by atoms with Gasteiger partial charge in [0.2, 0.25) is 0 Å². The number of rotatable bonds is 5. The number of carbonyl (C=O) groups excluding carboxylic acids is 1. The van der Waals surface area contributed by atoms with Crippen LogP contribution in [0.4, 0.5) is 5.13 Å². The number of hydrogen-bond acceptors (Lipinski definition) is 5. The Hall–Kier alpha value is -2.73. The number of hydrazone groups is 1. The molecule has 3 aromatic rings. The number of carbonyl (C=O) groups is 1.